The molecule has 0 saturated heterocycles. The summed E-state index contributed by atoms with van der Waals surface area (Å²) < 4.78 is 41.4. The summed E-state index contributed by atoms with van der Waals surface area (Å²) in [6.45, 7) is 0. The topological polar surface area (TPSA) is 50.1 Å². The Balaban J connectivity index is 3.20. The second kappa shape index (κ2) is 5.24. The van der Waals surface area contributed by atoms with Gasteiger partial charge in [-0.15, -0.1) is 0 Å². The van der Waals surface area contributed by atoms with Crippen molar-refractivity contribution in [2.24, 2.45) is 0 Å². The fraction of sp³-hybridized carbons (Fsp3) is 0.167. The summed E-state index contributed by atoms with van der Waals surface area (Å²) in [7, 11) is 1.12. The van der Waals surface area contributed by atoms with Gasteiger partial charge in [0, 0.05) is 11.5 Å². The van der Waals surface area contributed by atoms with Crippen LogP contribution in [0.4, 0.5) is 13.2 Å². The number of hydrogen-bond donors (Lipinski definition) is 0. The summed E-state index contributed by atoms with van der Waals surface area (Å²) in [4.78, 5) is 10.8. The van der Waals surface area contributed by atoms with Gasteiger partial charge in [0.1, 0.15) is 6.07 Å². The molecule has 0 amide bonds. The van der Waals surface area contributed by atoms with E-state index < -0.39 is 17.7 Å². The normalized spacial score (nSPS) is 9.94. The first-order valence-corrected chi connectivity index (χ1v) is 4.60. The van der Waals surface area contributed by atoms with Crippen LogP contribution in [0, 0.1) is 23.2 Å². The van der Waals surface area contributed by atoms with Crippen molar-refractivity contribution in [1.82, 2.24) is 0 Å². The molecule has 1 aromatic rings. The third-order valence-electron chi connectivity index (χ3n) is 1.95. The van der Waals surface area contributed by atoms with Crippen LogP contribution in [0.3, 0.4) is 0 Å². The average molecular weight is 253 g/mol. The van der Waals surface area contributed by atoms with Crippen molar-refractivity contribution in [2.75, 3.05) is 7.11 Å². The minimum Gasteiger partial charge on any atom is -0.459 e. The Labute approximate surface area is 101 Å². The molecule has 0 radical (unpaired) electrons. The standard InChI is InChI=1S/C12H6F3NO2/c1-18-11(17)5-3-8-2-4-10(12(13,14)15)6-9(8)7-16/h2,4,6H,1H3. The van der Waals surface area contributed by atoms with Crippen LogP contribution in [0.2, 0.25) is 0 Å². The predicted molar refractivity (Wildman–Crippen MR) is 55.1 cm³/mol. The van der Waals surface area contributed by atoms with E-state index in [1.807, 2.05) is 5.92 Å². The van der Waals surface area contributed by atoms with E-state index in [0.29, 0.717) is 6.07 Å². The van der Waals surface area contributed by atoms with Gasteiger partial charge in [-0.1, -0.05) is 5.92 Å². The Morgan fingerprint density at radius 2 is 2.00 bits per heavy atom. The van der Waals surface area contributed by atoms with Gasteiger partial charge in [0.2, 0.25) is 0 Å². The number of carbonyl (C=O) groups is 1. The summed E-state index contributed by atoms with van der Waals surface area (Å²) in [5.41, 5.74) is -1.15. The molecule has 92 valence electrons. The third kappa shape index (κ3) is 3.26. The minimum atomic E-state index is -4.53. The van der Waals surface area contributed by atoms with E-state index in [4.69, 9.17) is 5.26 Å². The first kappa shape index (κ1) is 13.6. The zero-order valence-electron chi connectivity index (χ0n) is 9.13. The lowest BCUT2D eigenvalue weighted by atomic mass is 10.0. The van der Waals surface area contributed by atoms with Gasteiger partial charge in [0.25, 0.3) is 0 Å². The molecule has 0 unspecified atom stereocenters. The lowest BCUT2D eigenvalue weighted by Gasteiger charge is -2.06. The number of halogens is 3. The summed E-state index contributed by atoms with van der Waals surface area (Å²) in [5, 5.41) is 8.73. The number of methoxy groups -OCH3 is 1. The number of hydrogen-bond acceptors (Lipinski definition) is 3. The Morgan fingerprint density at radius 1 is 1.33 bits per heavy atom. The smallest absolute Gasteiger partial charge is 0.416 e. The van der Waals surface area contributed by atoms with Gasteiger partial charge >= 0.3 is 12.1 Å². The van der Waals surface area contributed by atoms with Gasteiger partial charge in [-0.05, 0) is 18.2 Å². The number of esters is 1. The maximum atomic E-state index is 12.4. The Hall–Kier alpha value is -2.47. The van der Waals surface area contributed by atoms with E-state index in [9.17, 15) is 18.0 Å². The molecule has 0 aliphatic carbocycles. The molecule has 0 saturated carbocycles. The minimum absolute atomic E-state index is 0.0379. The van der Waals surface area contributed by atoms with Crippen LogP contribution in [0.5, 0.6) is 0 Å². The number of ether oxygens (including phenoxy) is 1. The van der Waals surface area contributed by atoms with Gasteiger partial charge < -0.3 is 4.74 Å². The van der Waals surface area contributed by atoms with Crippen LogP contribution in [-0.4, -0.2) is 13.1 Å². The molecule has 0 aromatic heterocycles. The zero-order valence-corrected chi connectivity index (χ0v) is 9.13. The summed E-state index contributed by atoms with van der Waals surface area (Å²) in [6.07, 6.45) is -4.53. The molecule has 0 bridgehead atoms. The van der Waals surface area contributed by atoms with Gasteiger partial charge in [-0.2, -0.15) is 18.4 Å². The number of nitriles is 1. The molecule has 1 rings (SSSR count). The van der Waals surface area contributed by atoms with E-state index in [1.165, 1.54) is 0 Å². The second-order valence-corrected chi connectivity index (χ2v) is 3.11. The lowest BCUT2D eigenvalue weighted by Crippen LogP contribution is -2.05. The van der Waals surface area contributed by atoms with E-state index in [1.54, 1.807) is 6.07 Å². The monoisotopic (exact) mass is 253 g/mol. The summed E-state index contributed by atoms with van der Waals surface area (Å²) in [5.74, 6) is 3.48. The van der Waals surface area contributed by atoms with Crippen molar-refractivity contribution in [2.45, 2.75) is 6.18 Å². The molecule has 0 atom stereocenters. The predicted octanol–water partition coefficient (Wildman–Crippen LogP) is 2.10. The van der Waals surface area contributed by atoms with Gasteiger partial charge in [0.15, 0.2) is 0 Å². The number of nitrogens with zero attached hydrogens (tertiary/aromatic N) is 1. The third-order valence-corrected chi connectivity index (χ3v) is 1.95. The molecule has 3 nitrogen and oxygen atoms in total. The van der Waals surface area contributed by atoms with E-state index >= 15 is 0 Å². The van der Waals surface area contributed by atoms with Crippen LogP contribution in [0.1, 0.15) is 16.7 Å². The second-order valence-electron chi connectivity index (χ2n) is 3.11. The fourth-order valence-electron chi connectivity index (χ4n) is 1.09. The molecule has 0 spiro atoms. The van der Waals surface area contributed by atoms with Crippen molar-refractivity contribution < 1.29 is 22.7 Å². The van der Waals surface area contributed by atoms with Crippen molar-refractivity contribution in [1.29, 1.82) is 5.26 Å². The van der Waals surface area contributed by atoms with Crippen molar-refractivity contribution >= 4 is 5.97 Å². The molecule has 0 fully saturated rings. The molecule has 0 aliphatic rings. The highest BCUT2D eigenvalue weighted by atomic mass is 19.4. The fourth-order valence-corrected chi connectivity index (χ4v) is 1.09. The number of alkyl halides is 3. The largest absolute Gasteiger partial charge is 0.459 e. The molecule has 18 heavy (non-hydrogen) atoms. The molecular weight excluding hydrogens is 247 g/mol. The van der Waals surface area contributed by atoms with Gasteiger partial charge in [-0.25, -0.2) is 4.79 Å². The van der Waals surface area contributed by atoms with Crippen LogP contribution >= 0.6 is 0 Å². The average Bonchev–Trinajstić information content (AvgIpc) is 2.34. The van der Waals surface area contributed by atoms with Crippen LogP contribution < -0.4 is 0 Å². The van der Waals surface area contributed by atoms with Crippen molar-refractivity contribution in [3.8, 4) is 17.9 Å². The summed E-state index contributed by atoms with van der Waals surface area (Å²) >= 11 is 0. The Morgan fingerprint density at radius 3 is 2.50 bits per heavy atom. The maximum absolute atomic E-state index is 12.4. The SMILES string of the molecule is COC(=O)C#Cc1ccc(C(F)(F)F)cc1C#N. The highest BCUT2D eigenvalue weighted by Gasteiger charge is 2.30. The molecule has 1 aromatic carbocycles. The highest BCUT2D eigenvalue weighted by Crippen LogP contribution is 2.30. The summed E-state index contributed by atoms with van der Waals surface area (Å²) in [6, 6.07) is 4.11. The Kier molecular flexibility index (Phi) is 3.96. The zero-order chi connectivity index (χ0) is 13.8. The number of benzene rings is 1. The molecule has 0 heterocycles. The van der Waals surface area contributed by atoms with Crippen molar-refractivity contribution in [3.63, 3.8) is 0 Å². The van der Waals surface area contributed by atoms with Crippen LogP contribution in [-0.2, 0) is 15.7 Å². The number of rotatable bonds is 0. The van der Waals surface area contributed by atoms with Gasteiger partial charge in [0.05, 0.1) is 18.2 Å². The first-order valence-electron chi connectivity index (χ1n) is 4.60. The van der Waals surface area contributed by atoms with E-state index in [2.05, 4.69) is 10.7 Å². The lowest BCUT2D eigenvalue weighted by molar-refractivity contribution is -0.137. The quantitative estimate of drug-likeness (QED) is 0.525. The van der Waals surface area contributed by atoms with E-state index in [-0.39, 0.29) is 11.1 Å². The highest BCUT2D eigenvalue weighted by molar-refractivity contribution is 5.89. The maximum Gasteiger partial charge on any atom is 0.416 e. The number of carbonyl (C=O) groups excluding carboxylic acids is 1. The van der Waals surface area contributed by atoms with Crippen molar-refractivity contribution in [3.05, 3.63) is 34.9 Å². The van der Waals surface area contributed by atoms with E-state index in [0.717, 1.165) is 19.2 Å². The molecular formula is C12H6F3NO2. The van der Waals surface area contributed by atoms with Crippen LogP contribution in [0.15, 0.2) is 18.2 Å². The van der Waals surface area contributed by atoms with Crippen LogP contribution in [0.25, 0.3) is 0 Å². The molecule has 0 aliphatic heterocycles. The Bertz CT molecular complexity index is 574. The first-order chi connectivity index (χ1) is 8.38. The van der Waals surface area contributed by atoms with Gasteiger partial charge in [-0.3, -0.25) is 0 Å². The molecule has 6 heteroatoms. The molecule has 0 N–H and O–H groups in total.